The zero-order valence-corrected chi connectivity index (χ0v) is 22.3. The fourth-order valence-electron chi connectivity index (χ4n) is 5.39. The molecule has 1 saturated heterocycles. The Hall–Kier alpha value is -4.12. The summed E-state index contributed by atoms with van der Waals surface area (Å²) in [6, 6.07) is 25.8. The van der Waals surface area contributed by atoms with Crippen LogP contribution in [0.4, 0.5) is 0 Å². The molecule has 1 amide bonds. The van der Waals surface area contributed by atoms with E-state index in [4.69, 9.17) is 4.74 Å². The molecule has 1 fully saturated rings. The summed E-state index contributed by atoms with van der Waals surface area (Å²) in [5.74, 6) is 0.956. The molecule has 0 N–H and O–H groups in total. The minimum absolute atomic E-state index is 0.0211. The second kappa shape index (κ2) is 11.1. The zero-order chi connectivity index (χ0) is 26.6. The number of Topliss-reactive ketones (excluding diaryl/α,β-unsaturated/α-hetero) is 1. The molecule has 3 aromatic carbocycles. The number of amides is 1. The molecular formula is C33H34N2O3. The number of nitrogens with zero attached hydrogens (tertiary/aromatic N) is 2. The van der Waals surface area contributed by atoms with Crippen LogP contribution in [0.5, 0.6) is 5.75 Å². The smallest absolute Gasteiger partial charge is 0.271 e. The molecule has 0 atom stereocenters. The Morgan fingerprint density at radius 1 is 0.868 bits per heavy atom. The van der Waals surface area contributed by atoms with Crippen molar-refractivity contribution in [2.75, 3.05) is 20.2 Å². The maximum atomic E-state index is 14.1. The highest BCUT2D eigenvalue weighted by Crippen LogP contribution is 2.33. The first-order valence-electron chi connectivity index (χ1n) is 13.2. The molecule has 0 aliphatic carbocycles. The molecule has 194 valence electrons. The summed E-state index contributed by atoms with van der Waals surface area (Å²) in [7, 11) is 1.66. The van der Waals surface area contributed by atoms with E-state index in [1.807, 2.05) is 59.5 Å². The normalized spacial score (nSPS) is 13.9. The number of ether oxygens (including phenoxy) is 1. The van der Waals surface area contributed by atoms with Crippen molar-refractivity contribution in [2.24, 2.45) is 5.92 Å². The Kier molecular flexibility index (Phi) is 7.45. The van der Waals surface area contributed by atoms with Gasteiger partial charge in [-0.05, 0) is 55.5 Å². The van der Waals surface area contributed by atoms with Crippen molar-refractivity contribution in [2.45, 2.75) is 33.2 Å². The second-order valence-corrected chi connectivity index (χ2v) is 10.2. The van der Waals surface area contributed by atoms with E-state index in [0.29, 0.717) is 38.2 Å². The van der Waals surface area contributed by atoms with Gasteiger partial charge in [-0.25, -0.2) is 0 Å². The third kappa shape index (κ3) is 5.28. The third-order valence-electron chi connectivity index (χ3n) is 7.53. The number of aromatic nitrogens is 1. The van der Waals surface area contributed by atoms with Gasteiger partial charge in [0.05, 0.1) is 7.11 Å². The van der Waals surface area contributed by atoms with Crippen molar-refractivity contribution in [1.82, 2.24) is 9.47 Å². The van der Waals surface area contributed by atoms with Crippen LogP contribution >= 0.6 is 0 Å². The number of aryl methyl sites for hydroxylation is 2. The van der Waals surface area contributed by atoms with E-state index < -0.39 is 0 Å². The highest BCUT2D eigenvalue weighted by Gasteiger charge is 2.31. The molecule has 0 bridgehead atoms. The number of benzene rings is 3. The monoisotopic (exact) mass is 506 g/mol. The van der Waals surface area contributed by atoms with E-state index >= 15 is 0 Å². The first-order valence-corrected chi connectivity index (χ1v) is 13.2. The van der Waals surface area contributed by atoms with Gasteiger partial charge in [-0.2, -0.15) is 0 Å². The number of hydrogen-bond donors (Lipinski definition) is 0. The lowest BCUT2D eigenvalue weighted by molar-refractivity contribution is 0.0642. The van der Waals surface area contributed by atoms with Gasteiger partial charge < -0.3 is 14.2 Å². The van der Waals surface area contributed by atoms with Crippen molar-refractivity contribution in [3.63, 3.8) is 0 Å². The molecule has 0 radical (unpaired) electrons. The highest BCUT2D eigenvalue weighted by molar-refractivity contribution is 6.01. The molecule has 5 rings (SSSR count). The van der Waals surface area contributed by atoms with Crippen LogP contribution in [0, 0.1) is 19.8 Å². The van der Waals surface area contributed by atoms with Gasteiger partial charge in [-0.3, -0.25) is 9.59 Å². The van der Waals surface area contributed by atoms with Crippen LogP contribution in [0.3, 0.4) is 0 Å². The maximum absolute atomic E-state index is 14.1. The van der Waals surface area contributed by atoms with Gasteiger partial charge in [0.1, 0.15) is 11.4 Å². The molecule has 5 nitrogen and oxygen atoms in total. The van der Waals surface area contributed by atoms with E-state index in [0.717, 1.165) is 33.6 Å². The summed E-state index contributed by atoms with van der Waals surface area (Å²) in [5.41, 5.74) is 6.82. The number of carbonyl (C=O) groups is 2. The lowest BCUT2D eigenvalue weighted by Gasteiger charge is -2.32. The zero-order valence-electron chi connectivity index (χ0n) is 22.3. The number of likely N-dealkylation sites (tertiary alicyclic amines) is 1. The fraction of sp³-hybridized carbons (Fsp3) is 0.273. The van der Waals surface area contributed by atoms with Gasteiger partial charge in [0, 0.05) is 42.9 Å². The molecule has 0 spiro atoms. The molecule has 0 unspecified atom stereocenters. The Balaban J connectivity index is 1.43. The van der Waals surface area contributed by atoms with Crippen LogP contribution in [0.2, 0.25) is 0 Å². The molecule has 38 heavy (non-hydrogen) atoms. The van der Waals surface area contributed by atoms with Crippen LogP contribution in [0.25, 0.3) is 11.1 Å². The number of rotatable bonds is 7. The summed E-state index contributed by atoms with van der Waals surface area (Å²) >= 11 is 0. The molecule has 1 aromatic heterocycles. The molecule has 1 aliphatic rings. The summed E-state index contributed by atoms with van der Waals surface area (Å²) in [6.07, 6.45) is 3.44. The van der Waals surface area contributed by atoms with Crippen molar-refractivity contribution in [1.29, 1.82) is 0 Å². The summed E-state index contributed by atoms with van der Waals surface area (Å²) in [4.78, 5) is 29.1. The molecule has 2 heterocycles. The van der Waals surface area contributed by atoms with Gasteiger partial charge in [-0.15, -0.1) is 0 Å². The van der Waals surface area contributed by atoms with E-state index in [-0.39, 0.29) is 17.6 Å². The minimum Gasteiger partial charge on any atom is -0.497 e. The first-order chi connectivity index (χ1) is 18.4. The van der Waals surface area contributed by atoms with Crippen LogP contribution in [0.15, 0.2) is 85.1 Å². The van der Waals surface area contributed by atoms with Crippen LogP contribution in [-0.4, -0.2) is 41.4 Å². The van der Waals surface area contributed by atoms with Crippen LogP contribution in [0.1, 0.15) is 50.4 Å². The Morgan fingerprint density at radius 2 is 1.53 bits per heavy atom. The second-order valence-electron chi connectivity index (χ2n) is 10.2. The van der Waals surface area contributed by atoms with E-state index in [9.17, 15) is 9.59 Å². The molecule has 0 saturated carbocycles. The fourth-order valence-corrected chi connectivity index (χ4v) is 5.39. The minimum atomic E-state index is -0.0501. The lowest BCUT2D eigenvalue weighted by Crippen LogP contribution is -2.41. The van der Waals surface area contributed by atoms with Crippen molar-refractivity contribution in [3.05, 3.63) is 113 Å². The van der Waals surface area contributed by atoms with Crippen LogP contribution in [-0.2, 0) is 6.54 Å². The lowest BCUT2D eigenvalue weighted by atomic mass is 9.88. The van der Waals surface area contributed by atoms with E-state index in [1.54, 1.807) is 7.11 Å². The van der Waals surface area contributed by atoms with Gasteiger partial charge >= 0.3 is 0 Å². The van der Waals surface area contributed by atoms with Gasteiger partial charge in [0.25, 0.3) is 5.91 Å². The largest absolute Gasteiger partial charge is 0.497 e. The molecule has 1 aliphatic heterocycles. The number of hydrogen-bond acceptors (Lipinski definition) is 3. The average molecular weight is 507 g/mol. The predicted molar refractivity (Wildman–Crippen MR) is 151 cm³/mol. The Labute approximate surface area is 224 Å². The summed E-state index contributed by atoms with van der Waals surface area (Å²) in [5, 5.41) is 0. The van der Waals surface area contributed by atoms with Gasteiger partial charge in [-0.1, -0.05) is 72.3 Å². The van der Waals surface area contributed by atoms with Crippen molar-refractivity contribution in [3.8, 4) is 16.9 Å². The standard InChI is InChI=1S/C33H34N2O3/c1-23-9-13-26(14-10-23)30-24(2)21-35(22-25-11-15-29(38-3)16-12-25)31(30)33(37)34-19-17-28(18-20-34)32(36)27-7-5-4-6-8-27/h4-16,21,28H,17-20,22H2,1-3H3. The van der Waals surface area contributed by atoms with Crippen LogP contribution < -0.4 is 4.74 Å². The van der Waals surface area contributed by atoms with Crippen molar-refractivity contribution < 1.29 is 14.3 Å². The number of piperidine rings is 1. The first kappa shape index (κ1) is 25.5. The topological polar surface area (TPSA) is 51.5 Å². The quantitative estimate of drug-likeness (QED) is 0.267. The van der Waals surface area contributed by atoms with Crippen molar-refractivity contribution >= 4 is 11.7 Å². The van der Waals surface area contributed by atoms with E-state index in [1.165, 1.54) is 5.56 Å². The number of methoxy groups -OCH3 is 1. The SMILES string of the molecule is COc1ccc(Cn2cc(C)c(-c3ccc(C)cc3)c2C(=O)N2CCC(C(=O)c3ccccc3)CC2)cc1. The highest BCUT2D eigenvalue weighted by atomic mass is 16.5. The molecule has 4 aromatic rings. The summed E-state index contributed by atoms with van der Waals surface area (Å²) in [6.45, 7) is 5.87. The van der Waals surface area contributed by atoms with Gasteiger partial charge in [0.2, 0.25) is 0 Å². The third-order valence-corrected chi connectivity index (χ3v) is 7.53. The summed E-state index contributed by atoms with van der Waals surface area (Å²) < 4.78 is 7.39. The van der Waals surface area contributed by atoms with Gasteiger partial charge in [0.15, 0.2) is 5.78 Å². The predicted octanol–water partition coefficient (Wildman–Crippen LogP) is 6.56. The number of carbonyl (C=O) groups excluding carboxylic acids is 2. The number of ketones is 1. The molecular weight excluding hydrogens is 472 g/mol. The Bertz CT molecular complexity index is 1410. The van der Waals surface area contributed by atoms with E-state index in [2.05, 4.69) is 48.9 Å². The molecule has 5 heteroatoms. The maximum Gasteiger partial charge on any atom is 0.271 e. The Morgan fingerprint density at radius 3 is 2.16 bits per heavy atom. The average Bonchev–Trinajstić information content (AvgIpc) is 3.28.